The molecule has 0 N–H and O–H groups in total. The van der Waals surface area contributed by atoms with Crippen molar-refractivity contribution in [2.24, 2.45) is 0 Å². The van der Waals surface area contributed by atoms with E-state index in [4.69, 9.17) is 0 Å². The molecule has 8 heteroatoms. The van der Waals surface area contributed by atoms with E-state index >= 15 is 0 Å². The van der Waals surface area contributed by atoms with E-state index in [9.17, 15) is 18.4 Å². The molecule has 0 bridgehead atoms. The first-order valence-electron chi connectivity index (χ1n) is 11.0. The monoisotopic (exact) mass is 420 g/mol. The van der Waals surface area contributed by atoms with Gasteiger partial charge in [-0.2, -0.15) is 0 Å². The third-order valence-corrected chi connectivity index (χ3v) is 6.70. The number of rotatable bonds is 5. The van der Waals surface area contributed by atoms with Crippen molar-refractivity contribution in [3.05, 3.63) is 35.4 Å². The number of hydrogen-bond acceptors (Lipinski definition) is 4. The van der Waals surface area contributed by atoms with Crippen LogP contribution in [0, 0.1) is 11.6 Å². The van der Waals surface area contributed by atoms with Crippen LogP contribution in [0.25, 0.3) is 0 Å². The van der Waals surface area contributed by atoms with E-state index in [2.05, 4.69) is 9.80 Å². The summed E-state index contributed by atoms with van der Waals surface area (Å²) in [5.41, 5.74) is 0.208. The second-order valence-electron chi connectivity index (χ2n) is 8.57. The van der Waals surface area contributed by atoms with Gasteiger partial charge in [0.05, 0.1) is 13.0 Å². The van der Waals surface area contributed by atoms with E-state index in [-0.39, 0.29) is 23.8 Å². The van der Waals surface area contributed by atoms with Crippen molar-refractivity contribution in [3.8, 4) is 0 Å². The van der Waals surface area contributed by atoms with Crippen LogP contribution < -0.4 is 0 Å². The molecule has 2 saturated heterocycles. The average molecular weight is 421 g/mol. The van der Waals surface area contributed by atoms with Crippen LogP contribution in [0.15, 0.2) is 18.2 Å². The molecule has 0 spiro atoms. The second kappa shape index (κ2) is 9.39. The Hall–Kier alpha value is -2.06. The van der Waals surface area contributed by atoms with E-state index in [1.54, 1.807) is 4.90 Å². The number of nitrogens with zero attached hydrogens (tertiary/aromatic N) is 4. The Balaban J connectivity index is 1.19. The Morgan fingerprint density at radius 1 is 0.867 bits per heavy atom. The molecule has 2 aliphatic heterocycles. The van der Waals surface area contributed by atoms with Crippen molar-refractivity contribution in [1.82, 2.24) is 19.6 Å². The number of piperazine rings is 2. The molecule has 3 fully saturated rings. The SMILES string of the molecule is O=C(Cc1ccc(F)cc1F)N1CCN(CC(=O)N2CCN(C3CCC3)CC2)CC1. The van der Waals surface area contributed by atoms with Gasteiger partial charge >= 0.3 is 0 Å². The molecule has 2 amide bonds. The molecule has 30 heavy (non-hydrogen) atoms. The molecule has 6 nitrogen and oxygen atoms in total. The molecule has 4 rings (SSSR count). The smallest absolute Gasteiger partial charge is 0.236 e. The summed E-state index contributed by atoms with van der Waals surface area (Å²) >= 11 is 0. The van der Waals surface area contributed by atoms with Crippen molar-refractivity contribution < 1.29 is 18.4 Å². The molecule has 0 radical (unpaired) electrons. The maximum Gasteiger partial charge on any atom is 0.236 e. The van der Waals surface area contributed by atoms with E-state index in [0.29, 0.717) is 32.7 Å². The molecule has 1 saturated carbocycles. The van der Waals surface area contributed by atoms with Crippen LogP contribution >= 0.6 is 0 Å². The zero-order valence-corrected chi connectivity index (χ0v) is 17.4. The van der Waals surface area contributed by atoms with Crippen LogP contribution in [0.3, 0.4) is 0 Å². The van der Waals surface area contributed by atoms with Crippen LogP contribution in [0.2, 0.25) is 0 Å². The van der Waals surface area contributed by atoms with Crippen molar-refractivity contribution in [2.45, 2.75) is 31.7 Å². The van der Waals surface area contributed by atoms with Gasteiger partial charge in [-0.25, -0.2) is 8.78 Å². The van der Waals surface area contributed by atoms with E-state index < -0.39 is 11.6 Å². The Kier molecular flexibility index (Phi) is 6.63. The highest BCUT2D eigenvalue weighted by Crippen LogP contribution is 2.25. The van der Waals surface area contributed by atoms with Gasteiger partial charge in [-0.3, -0.25) is 19.4 Å². The topological polar surface area (TPSA) is 47.1 Å². The van der Waals surface area contributed by atoms with Gasteiger partial charge in [0.1, 0.15) is 11.6 Å². The number of carbonyl (C=O) groups excluding carboxylic acids is 2. The fourth-order valence-corrected chi connectivity index (χ4v) is 4.47. The van der Waals surface area contributed by atoms with Gasteiger partial charge in [-0.15, -0.1) is 0 Å². The minimum absolute atomic E-state index is 0.0731. The predicted octanol–water partition coefficient (Wildman–Crippen LogP) is 1.35. The quantitative estimate of drug-likeness (QED) is 0.722. The number of amides is 2. The molecule has 1 aromatic carbocycles. The largest absolute Gasteiger partial charge is 0.340 e. The van der Waals surface area contributed by atoms with Gasteiger partial charge < -0.3 is 9.80 Å². The van der Waals surface area contributed by atoms with Crippen molar-refractivity contribution in [3.63, 3.8) is 0 Å². The lowest BCUT2D eigenvalue weighted by molar-refractivity contribution is -0.136. The molecule has 2 heterocycles. The van der Waals surface area contributed by atoms with Gasteiger partial charge in [0.2, 0.25) is 11.8 Å². The van der Waals surface area contributed by atoms with Gasteiger partial charge in [0, 0.05) is 64.5 Å². The molecular weight excluding hydrogens is 390 g/mol. The Labute approximate surface area is 176 Å². The number of carbonyl (C=O) groups is 2. The summed E-state index contributed by atoms with van der Waals surface area (Å²) in [6.45, 7) is 6.23. The lowest BCUT2D eigenvalue weighted by Gasteiger charge is -2.43. The van der Waals surface area contributed by atoms with Crippen molar-refractivity contribution >= 4 is 11.8 Å². The highest BCUT2D eigenvalue weighted by molar-refractivity contribution is 5.79. The molecule has 1 aliphatic carbocycles. The summed E-state index contributed by atoms with van der Waals surface area (Å²) in [6, 6.07) is 4.03. The molecule has 0 aromatic heterocycles. The third-order valence-electron chi connectivity index (χ3n) is 6.70. The Morgan fingerprint density at radius 2 is 1.50 bits per heavy atom. The van der Waals surface area contributed by atoms with Gasteiger partial charge in [-0.05, 0) is 24.5 Å². The highest BCUT2D eigenvalue weighted by atomic mass is 19.1. The average Bonchev–Trinajstić information content (AvgIpc) is 2.70. The van der Waals surface area contributed by atoms with Crippen LogP contribution in [0.4, 0.5) is 8.78 Å². The molecular formula is C22H30F2N4O2. The van der Waals surface area contributed by atoms with Crippen LogP contribution in [-0.2, 0) is 16.0 Å². The first-order valence-corrected chi connectivity index (χ1v) is 11.0. The van der Waals surface area contributed by atoms with E-state index in [1.807, 2.05) is 4.90 Å². The summed E-state index contributed by atoms with van der Waals surface area (Å²) < 4.78 is 26.8. The first kappa shape index (κ1) is 21.2. The summed E-state index contributed by atoms with van der Waals surface area (Å²) in [5.74, 6) is -1.34. The van der Waals surface area contributed by atoms with E-state index in [1.165, 1.54) is 31.4 Å². The number of benzene rings is 1. The van der Waals surface area contributed by atoms with Crippen LogP contribution in [0.1, 0.15) is 24.8 Å². The fraction of sp³-hybridized carbons (Fsp3) is 0.636. The zero-order valence-electron chi connectivity index (χ0n) is 17.4. The molecule has 164 valence electrons. The Morgan fingerprint density at radius 3 is 2.10 bits per heavy atom. The molecule has 0 atom stereocenters. The maximum atomic E-state index is 13.8. The summed E-state index contributed by atoms with van der Waals surface area (Å²) in [6.07, 6.45) is 3.85. The normalized spacial score (nSPS) is 21.5. The molecule has 1 aromatic rings. The summed E-state index contributed by atoms with van der Waals surface area (Å²) in [7, 11) is 0. The van der Waals surface area contributed by atoms with Crippen LogP contribution in [0.5, 0.6) is 0 Å². The summed E-state index contributed by atoms with van der Waals surface area (Å²) in [4.78, 5) is 33.4. The minimum atomic E-state index is -0.690. The molecule has 3 aliphatic rings. The van der Waals surface area contributed by atoms with E-state index in [0.717, 1.165) is 38.3 Å². The lowest BCUT2D eigenvalue weighted by Crippen LogP contribution is -2.56. The first-order chi connectivity index (χ1) is 14.5. The highest BCUT2D eigenvalue weighted by Gasteiger charge is 2.30. The lowest BCUT2D eigenvalue weighted by atomic mass is 9.91. The van der Waals surface area contributed by atoms with Gasteiger partial charge in [0.25, 0.3) is 0 Å². The maximum absolute atomic E-state index is 13.8. The molecule has 0 unspecified atom stereocenters. The predicted molar refractivity (Wildman–Crippen MR) is 109 cm³/mol. The van der Waals surface area contributed by atoms with Crippen molar-refractivity contribution in [2.75, 3.05) is 58.9 Å². The minimum Gasteiger partial charge on any atom is -0.340 e. The standard InChI is InChI=1S/C22H30F2N4O2/c23-18-5-4-17(20(24)15-18)14-21(29)27-8-6-25(7-9-27)16-22(30)28-12-10-26(11-13-28)19-2-1-3-19/h4-5,15,19H,1-3,6-14,16H2. The van der Waals surface area contributed by atoms with Gasteiger partial charge in [0.15, 0.2) is 0 Å². The van der Waals surface area contributed by atoms with Crippen LogP contribution in [-0.4, -0.2) is 96.4 Å². The fourth-order valence-electron chi connectivity index (χ4n) is 4.47. The van der Waals surface area contributed by atoms with Gasteiger partial charge in [-0.1, -0.05) is 12.5 Å². The summed E-state index contributed by atoms with van der Waals surface area (Å²) in [5, 5.41) is 0. The van der Waals surface area contributed by atoms with Crippen molar-refractivity contribution in [1.29, 1.82) is 0 Å². The third kappa shape index (κ3) is 4.98. The second-order valence-corrected chi connectivity index (χ2v) is 8.57. The Bertz CT molecular complexity index is 770. The zero-order chi connectivity index (χ0) is 21.1. The number of hydrogen-bond donors (Lipinski definition) is 0. The number of halogens is 2.